The maximum atomic E-state index is 8.77. The smallest absolute Gasteiger partial charge is 0.128 e. The minimum Gasteiger partial charge on any atom is -0.197 e. The molecule has 0 saturated carbocycles. The molecule has 0 aliphatic rings. The molecular formula is C10H6BrNS. The van der Waals surface area contributed by atoms with Crippen molar-refractivity contribution in [3.05, 3.63) is 35.2 Å². The van der Waals surface area contributed by atoms with Crippen LogP contribution in [0.2, 0.25) is 0 Å². The molecule has 0 N–H and O–H groups in total. The van der Waals surface area contributed by atoms with E-state index in [4.69, 9.17) is 5.26 Å². The molecule has 0 aliphatic carbocycles. The van der Waals surface area contributed by atoms with Gasteiger partial charge < -0.3 is 0 Å². The molecule has 1 aromatic carbocycles. The van der Waals surface area contributed by atoms with Crippen molar-refractivity contribution in [2.45, 2.75) is 4.83 Å². The van der Waals surface area contributed by atoms with Crippen LogP contribution in [-0.2, 0) is 0 Å². The van der Waals surface area contributed by atoms with Crippen molar-refractivity contribution in [2.24, 2.45) is 0 Å². The number of hydrogen-bond donors (Lipinski definition) is 0. The first kappa shape index (κ1) is 8.74. The Morgan fingerprint density at radius 2 is 2.15 bits per heavy atom. The van der Waals surface area contributed by atoms with Crippen molar-refractivity contribution in [3.8, 4) is 6.07 Å². The second kappa shape index (κ2) is 3.49. The Balaban J connectivity index is 2.66. The van der Waals surface area contributed by atoms with Gasteiger partial charge in [-0.3, -0.25) is 0 Å². The molecule has 1 unspecified atom stereocenters. The number of nitrogens with zero attached hydrogens (tertiary/aromatic N) is 1. The molecule has 2 rings (SSSR count). The number of rotatable bonds is 1. The predicted molar refractivity (Wildman–Crippen MR) is 59.1 cm³/mol. The SMILES string of the molecule is N#CC(Br)c1csc2ccccc12. The Bertz CT molecular complexity index is 469. The van der Waals surface area contributed by atoms with Gasteiger partial charge in [0.15, 0.2) is 0 Å². The van der Waals surface area contributed by atoms with Crippen LogP contribution >= 0.6 is 27.3 Å². The van der Waals surface area contributed by atoms with Gasteiger partial charge in [0, 0.05) is 4.70 Å². The molecule has 0 saturated heterocycles. The van der Waals surface area contributed by atoms with Crippen LogP contribution in [-0.4, -0.2) is 0 Å². The Labute approximate surface area is 88.7 Å². The van der Waals surface area contributed by atoms with Crippen molar-refractivity contribution in [1.29, 1.82) is 5.26 Å². The maximum absolute atomic E-state index is 8.77. The summed E-state index contributed by atoms with van der Waals surface area (Å²) in [6.07, 6.45) is 0. The molecule has 1 nitrogen and oxygen atoms in total. The van der Waals surface area contributed by atoms with Crippen LogP contribution in [0.5, 0.6) is 0 Å². The molecule has 13 heavy (non-hydrogen) atoms. The first-order valence-electron chi connectivity index (χ1n) is 3.83. The summed E-state index contributed by atoms with van der Waals surface area (Å²) in [5.74, 6) is 0. The second-order valence-corrected chi connectivity index (χ2v) is 4.51. The van der Waals surface area contributed by atoms with Gasteiger partial charge in [0.05, 0.1) is 6.07 Å². The van der Waals surface area contributed by atoms with Gasteiger partial charge in [0.2, 0.25) is 0 Å². The minimum atomic E-state index is -0.191. The molecule has 2 aromatic rings. The summed E-state index contributed by atoms with van der Waals surface area (Å²) >= 11 is 5.01. The van der Waals surface area contributed by atoms with E-state index in [0.29, 0.717) is 0 Å². The molecule has 64 valence electrons. The average Bonchev–Trinajstić information content (AvgIpc) is 2.60. The molecule has 0 fully saturated rings. The first-order valence-corrected chi connectivity index (χ1v) is 5.62. The predicted octanol–water partition coefficient (Wildman–Crippen LogP) is 3.86. The lowest BCUT2D eigenvalue weighted by molar-refractivity contribution is 1.29. The molecule has 3 heteroatoms. The summed E-state index contributed by atoms with van der Waals surface area (Å²) < 4.78 is 1.23. The maximum Gasteiger partial charge on any atom is 0.128 e. The van der Waals surface area contributed by atoms with Crippen molar-refractivity contribution in [2.75, 3.05) is 0 Å². The minimum absolute atomic E-state index is 0.191. The summed E-state index contributed by atoms with van der Waals surface area (Å²) in [4.78, 5) is -0.191. The quantitative estimate of drug-likeness (QED) is 0.707. The van der Waals surface area contributed by atoms with E-state index >= 15 is 0 Å². The number of alkyl halides is 1. The van der Waals surface area contributed by atoms with E-state index in [1.54, 1.807) is 11.3 Å². The normalized spacial score (nSPS) is 12.6. The number of nitriles is 1. The molecule has 0 aliphatic heterocycles. The lowest BCUT2D eigenvalue weighted by Gasteiger charge is -1.97. The van der Waals surface area contributed by atoms with Crippen molar-refractivity contribution in [3.63, 3.8) is 0 Å². The molecule has 0 spiro atoms. The van der Waals surface area contributed by atoms with Gasteiger partial charge in [-0.1, -0.05) is 34.1 Å². The van der Waals surface area contributed by atoms with Gasteiger partial charge in [-0.2, -0.15) is 5.26 Å². The zero-order valence-corrected chi connectivity index (χ0v) is 9.10. The number of benzene rings is 1. The average molecular weight is 252 g/mol. The van der Waals surface area contributed by atoms with Gasteiger partial charge in [-0.15, -0.1) is 11.3 Å². The van der Waals surface area contributed by atoms with E-state index in [9.17, 15) is 0 Å². The molecule has 1 aromatic heterocycles. The molecule has 0 bridgehead atoms. The van der Waals surface area contributed by atoms with Crippen LogP contribution in [0.25, 0.3) is 10.1 Å². The summed E-state index contributed by atoms with van der Waals surface area (Å²) in [7, 11) is 0. The Morgan fingerprint density at radius 1 is 1.38 bits per heavy atom. The van der Waals surface area contributed by atoms with E-state index in [1.165, 1.54) is 10.1 Å². The standard InChI is InChI=1S/C10H6BrNS/c11-9(5-12)8-6-13-10-4-2-1-3-7(8)10/h1-4,6,9H. The molecule has 0 radical (unpaired) electrons. The van der Waals surface area contributed by atoms with Gasteiger partial charge in [0.1, 0.15) is 4.83 Å². The van der Waals surface area contributed by atoms with Crippen LogP contribution in [0.4, 0.5) is 0 Å². The van der Waals surface area contributed by atoms with Crippen LogP contribution in [0.1, 0.15) is 10.4 Å². The zero-order chi connectivity index (χ0) is 9.26. The third kappa shape index (κ3) is 1.48. The lowest BCUT2D eigenvalue weighted by atomic mass is 10.1. The van der Waals surface area contributed by atoms with Gasteiger partial charge in [-0.05, 0) is 22.4 Å². The van der Waals surface area contributed by atoms with Crippen molar-refractivity contribution < 1.29 is 0 Å². The molecule has 1 heterocycles. The van der Waals surface area contributed by atoms with Crippen molar-refractivity contribution in [1.82, 2.24) is 0 Å². The van der Waals surface area contributed by atoms with E-state index in [-0.39, 0.29) is 4.83 Å². The molecule has 1 atom stereocenters. The third-order valence-corrected chi connectivity index (χ3v) is 3.58. The third-order valence-electron chi connectivity index (χ3n) is 1.90. The van der Waals surface area contributed by atoms with Crippen LogP contribution in [0, 0.1) is 11.3 Å². The largest absolute Gasteiger partial charge is 0.197 e. The fourth-order valence-electron chi connectivity index (χ4n) is 1.26. The van der Waals surface area contributed by atoms with Gasteiger partial charge in [0.25, 0.3) is 0 Å². The lowest BCUT2D eigenvalue weighted by Crippen LogP contribution is -1.81. The highest BCUT2D eigenvalue weighted by atomic mass is 79.9. The first-order chi connectivity index (χ1) is 6.33. The number of hydrogen-bond acceptors (Lipinski definition) is 2. The van der Waals surface area contributed by atoms with Crippen molar-refractivity contribution >= 4 is 37.4 Å². The summed E-state index contributed by atoms with van der Waals surface area (Å²) in [6.45, 7) is 0. The fraction of sp³-hybridized carbons (Fsp3) is 0.100. The Morgan fingerprint density at radius 3 is 2.92 bits per heavy atom. The summed E-state index contributed by atoms with van der Waals surface area (Å²) in [5.41, 5.74) is 1.07. The molecule has 0 amide bonds. The zero-order valence-electron chi connectivity index (χ0n) is 6.70. The molecular weight excluding hydrogens is 246 g/mol. The van der Waals surface area contributed by atoms with E-state index in [0.717, 1.165) is 5.56 Å². The van der Waals surface area contributed by atoms with E-state index < -0.39 is 0 Å². The monoisotopic (exact) mass is 251 g/mol. The highest BCUT2D eigenvalue weighted by molar-refractivity contribution is 9.09. The number of thiophene rings is 1. The van der Waals surface area contributed by atoms with Crippen LogP contribution in [0.3, 0.4) is 0 Å². The van der Waals surface area contributed by atoms with Crippen LogP contribution < -0.4 is 0 Å². The van der Waals surface area contributed by atoms with Gasteiger partial charge >= 0.3 is 0 Å². The number of fused-ring (bicyclic) bond motifs is 1. The Hall–Kier alpha value is -0.850. The van der Waals surface area contributed by atoms with E-state index in [2.05, 4.69) is 28.1 Å². The highest BCUT2D eigenvalue weighted by Crippen LogP contribution is 2.33. The summed E-state index contributed by atoms with van der Waals surface area (Å²) in [6, 6.07) is 10.3. The number of halogens is 1. The van der Waals surface area contributed by atoms with E-state index in [1.807, 2.05) is 23.6 Å². The Kier molecular flexibility index (Phi) is 2.34. The van der Waals surface area contributed by atoms with Gasteiger partial charge in [-0.25, -0.2) is 0 Å². The topological polar surface area (TPSA) is 23.8 Å². The fourth-order valence-corrected chi connectivity index (χ4v) is 2.80. The summed E-state index contributed by atoms with van der Waals surface area (Å²) in [5, 5.41) is 12.0. The second-order valence-electron chi connectivity index (χ2n) is 2.68. The van der Waals surface area contributed by atoms with Crippen LogP contribution in [0.15, 0.2) is 29.6 Å². The highest BCUT2D eigenvalue weighted by Gasteiger charge is 2.10.